The van der Waals surface area contributed by atoms with Gasteiger partial charge in [0.1, 0.15) is 17.1 Å². The van der Waals surface area contributed by atoms with Crippen molar-refractivity contribution in [2.24, 2.45) is 17.4 Å². The van der Waals surface area contributed by atoms with Crippen LogP contribution in [0.5, 0.6) is 0 Å². The van der Waals surface area contributed by atoms with Crippen LogP contribution in [0, 0.1) is 17.6 Å². The molecule has 4 rings (SSSR count). The highest BCUT2D eigenvalue weighted by atomic mass is 19.1. The summed E-state index contributed by atoms with van der Waals surface area (Å²) in [7, 11) is 0. The van der Waals surface area contributed by atoms with E-state index in [9.17, 15) is 19.1 Å². The normalized spacial score (nSPS) is 22.6. The Balaban J connectivity index is 1.96. The van der Waals surface area contributed by atoms with Gasteiger partial charge in [-0.2, -0.15) is 0 Å². The fourth-order valence-corrected chi connectivity index (χ4v) is 3.84. The molecule has 0 spiro atoms. The van der Waals surface area contributed by atoms with Gasteiger partial charge in [0.05, 0.1) is 10.9 Å². The molecule has 2 unspecified atom stereocenters. The van der Waals surface area contributed by atoms with E-state index < -0.39 is 28.6 Å². The van der Waals surface area contributed by atoms with Gasteiger partial charge in [0.2, 0.25) is 5.43 Å². The first-order valence-electron chi connectivity index (χ1n) is 8.84. The van der Waals surface area contributed by atoms with Crippen molar-refractivity contribution in [1.82, 2.24) is 4.57 Å². The van der Waals surface area contributed by atoms with E-state index in [0.717, 1.165) is 25.1 Å². The number of anilines is 1. The summed E-state index contributed by atoms with van der Waals surface area (Å²) in [6.07, 6.45) is 2.65. The maximum Gasteiger partial charge on any atom is 0.341 e. The van der Waals surface area contributed by atoms with Crippen molar-refractivity contribution in [3.05, 3.63) is 39.7 Å². The Morgan fingerprint density at radius 2 is 2.00 bits per heavy atom. The van der Waals surface area contributed by atoms with Crippen molar-refractivity contribution in [3.63, 3.8) is 0 Å². The molecular weight excluding hydrogens is 358 g/mol. The van der Waals surface area contributed by atoms with Crippen LogP contribution in [-0.2, 0) is 0 Å². The molecule has 1 saturated carbocycles. The second-order valence-electron chi connectivity index (χ2n) is 7.30. The molecule has 1 aromatic carbocycles. The summed E-state index contributed by atoms with van der Waals surface area (Å²) in [6.45, 7) is 0.878. The number of hydrogen-bond donors (Lipinski definition) is 3. The molecule has 1 aliphatic heterocycles. The molecule has 2 aromatic rings. The molecule has 2 heterocycles. The topological polar surface area (TPSA) is 115 Å². The molecule has 1 saturated heterocycles. The maximum atomic E-state index is 15.4. The van der Waals surface area contributed by atoms with Gasteiger partial charge in [0.15, 0.2) is 5.82 Å². The molecule has 1 aliphatic carbocycles. The van der Waals surface area contributed by atoms with Crippen molar-refractivity contribution in [3.8, 4) is 0 Å². The lowest BCUT2D eigenvalue weighted by Crippen LogP contribution is -2.33. The van der Waals surface area contributed by atoms with E-state index in [1.54, 1.807) is 0 Å². The van der Waals surface area contributed by atoms with Crippen LogP contribution in [0.2, 0.25) is 0 Å². The highest BCUT2D eigenvalue weighted by Gasteiger charge is 2.35. The zero-order valence-electron chi connectivity index (χ0n) is 14.5. The Bertz CT molecular complexity index is 1000. The van der Waals surface area contributed by atoms with Gasteiger partial charge in [-0.05, 0) is 25.5 Å². The number of nitrogens with two attached hydrogens (primary N) is 2. The fraction of sp³-hybridized carbons (Fsp3) is 0.444. The second kappa shape index (κ2) is 6.28. The molecular formula is C18H20F2N4O3. The smallest absolute Gasteiger partial charge is 0.341 e. The van der Waals surface area contributed by atoms with Crippen molar-refractivity contribution in [1.29, 1.82) is 0 Å². The third-order valence-corrected chi connectivity index (χ3v) is 5.47. The summed E-state index contributed by atoms with van der Waals surface area (Å²) in [6, 6.07) is 0.532. The highest BCUT2D eigenvalue weighted by molar-refractivity contribution is 5.94. The molecule has 9 heteroatoms. The quantitative estimate of drug-likeness (QED) is 0.732. The van der Waals surface area contributed by atoms with Crippen molar-refractivity contribution < 1.29 is 18.7 Å². The summed E-state index contributed by atoms with van der Waals surface area (Å²) in [5.74, 6) is -3.28. The van der Waals surface area contributed by atoms with Crippen LogP contribution >= 0.6 is 0 Å². The minimum Gasteiger partial charge on any atom is -0.477 e. The SMILES string of the molecule is NCC1CN(c2c(F)cc3c(=O)c(C(=O)O)cn(C4CC4)c3c2F)CC1N. The van der Waals surface area contributed by atoms with Crippen LogP contribution in [0.3, 0.4) is 0 Å². The number of halogens is 2. The summed E-state index contributed by atoms with van der Waals surface area (Å²) >= 11 is 0. The molecule has 0 bridgehead atoms. The average molecular weight is 378 g/mol. The van der Waals surface area contributed by atoms with Crippen LogP contribution in [0.1, 0.15) is 29.2 Å². The van der Waals surface area contributed by atoms with Gasteiger partial charge in [0, 0.05) is 37.3 Å². The number of fused-ring (bicyclic) bond motifs is 1. The van der Waals surface area contributed by atoms with Gasteiger partial charge in [-0.3, -0.25) is 4.79 Å². The molecule has 5 N–H and O–H groups in total. The van der Waals surface area contributed by atoms with E-state index in [4.69, 9.17) is 11.5 Å². The molecule has 2 atom stereocenters. The number of aromatic nitrogens is 1. The van der Waals surface area contributed by atoms with E-state index in [1.165, 1.54) is 9.47 Å². The predicted molar refractivity (Wildman–Crippen MR) is 96.1 cm³/mol. The molecule has 144 valence electrons. The number of aromatic carboxylic acids is 1. The number of benzene rings is 1. The van der Waals surface area contributed by atoms with Crippen LogP contribution < -0.4 is 21.8 Å². The lowest BCUT2D eigenvalue weighted by molar-refractivity contribution is 0.0695. The highest BCUT2D eigenvalue weighted by Crippen LogP contribution is 2.40. The summed E-state index contributed by atoms with van der Waals surface area (Å²) in [5, 5.41) is 9.00. The molecule has 2 fully saturated rings. The van der Waals surface area contributed by atoms with Crippen LogP contribution in [0.4, 0.5) is 14.5 Å². The van der Waals surface area contributed by atoms with Crippen molar-refractivity contribution >= 4 is 22.6 Å². The summed E-state index contributed by atoms with van der Waals surface area (Å²) in [5.41, 5.74) is 9.99. The Labute approximate surface area is 153 Å². The minimum atomic E-state index is -1.42. The standard InChI is InChI=1S/C18H20F2N4O3/c19-12-3-10-15(14(20)16(12)23-5-8(4-21)13(22)7-23)24(9-1-2-9)6-11(17(10)25)18(26)27/h3,6,8-9,13H,1-2,4-5,7,21-22H2,(H,26,27). The second-order valence-corrected chi connectivity index (χ2v) is 7.30. The fourth-order valence-electron chi connectivity index (χ4n) is 3.84. The maximum absolute atomic E-state index is 15.4. The van der Waals surface area contributed by atoms with Crippen molar-refractivity contribution in [2.45, 2.75) is 24.9 Å². The van der Waals surface area contributed by atoms with E-state index >= 15 is 4.39 Å². The molecule has 2 aliphatic rings. The van der Waals surface area contributed by atoms with Crippen LogP contribution in [0.25, 0.3) is 10.9 Å². The molecule has 27 heavy (non-hydrogen) atoms. The van der Waals surface area contributed by atoms with Crippen molar-refractivity contribution in [2.75, 3.05) is 24.5 Å². The molecule has 1 aromatic heterocycles. The first-order chi connectivity index (χ1) is 12.8. The Kier molecular flexibility index (Phi) is 4.15. The lowest BCUT2D eigenvalue weighted by atomic mass is 10.1. The van der Waals surface area contributed by atoms with Gasteiger partial charge >= 0.3 is 5.97 Å². The number of carboxylic acid groups (broad SMARTS) is 1. The number of hydrogen-bond acceptors (Lipinski definition) is 5. The van der Waals surface area contributed by atoms with E-state index in [0.29, 0.717) is 13.1 Å². The van der Waals surface area contributed by atoms with Gasteiger partial charge in [0.25, 0.3) is 0 Å². The number of carboxylic acids is 1. The van der Waals surface area contributed by atoms with E-state index in [1.807, 2.05) is 0 Å². The number of carbonyl (C=O) groups is 1. The molecule has 0 radical (unpaired) electrons. The Hall–Kier alpha value is -2.52. The predicted octanol–water partition coefficient (Wildman–Crippen LogP) is 1.03. The first-order valence-corrected chi connectivity index (χ1v) is 8.84. The van der Waals surface area contributed by atoms with Gasteiger partial charge in [-0.15, -0.1) is 0 Å². The van der Waals surface area contributed by atoms with Gasteiger partial charge in [-0.25, -0.2) is 13.6 Å². The number of nitrogens with zero attached hydrogens (tertiary/aromatic N) is 2. The average Bonchev–Trinajstić information content (AvgIpc) is 3.38. The third kappa shape index (κ3) is 2.78. The Morgan fingerprint density at radius 3 is 2.56 bits per heavy atom. The monoisotopic (exact) mass is 378 g/mol. The summed E-state index contributed by atoms with van der Waals surface area (Å²) in [4.78, 5) is 25.4. The largest absolute Gasteiger partial charge is 0.477 e. The summed E-state index contributed by atoms with van der Waals surface area (Å²) < 4.78 is 31.7. The third-order valence-electron chi connectivity index (χ3n) is 5.47. The number of rotatable bonds is 4. The lowest BCUT2D eigenvalue weighted by Gasteiger charge is -2.22. The van der Waals surface area contributed by atoms with Crippen LogP contribution in [0.15, 0.2) is 17.1 Å². The van der Waals surface area contributed by atoms with Gasteiger partial charge in [-0.1, -0.05) is 0 Å². The van der Waals surface area contributed by atoms with Gasteiger partial charge < -0.3 is 26.0 Å². The molecule has 7 nitrogen and oxygen atoms in total. The van der Waals surface area contributed by atoms with E-state index in [2.05, 4.69) is 0 Å². The Morgan fingerprint density at radius 1 is 1.30 bits per heavy atom. The first kappa shape index (κ1) is 17.9. The zero-order valence-corrected chi connectivity index (χ0v) is 14.5. The number of pyridine rings is 1. The van der Waals surface area contributed by atoms with E-state index in [-0.39, 0.29) is 41.1 Å². The molecule has 0 amide bonds. The minimum absolute atomic E-state index is 0.0614. The van der Waals surface area contributed by atoms with Crippen LogP contribution in [-0.4, -0.2) is 41.3 Å². The zero-order chi connectivity index (χ0) is 19.5.